The van der Waals surface area contributed by atoms with Crippen molar-refractivity contribution in [1.82, 2.24) is 5.32 Å². The van der Waals surface area contributed by atoms with E-state index in [9.17, 15) is 4.79 Å². The van der Waals surface area contributed by atoms with Crippen LogP contribution in [-0.2, 0) is 11.2 Å². The number of aryl methyl sites for hydroxylation is 1. The van der Waals surface area contributed by atoms with Crippen LogP contribution in [0.3, 0.4) is 0 Å². The van der Waals surface area contributed by atoms with E-state index < -0.39 is 0 Å². The molecule has 1 aliphatic heterocycles. The van der Waals surface area contributed by atoms with Gasteiger partial charge in [0.1, 0.15) is 0 Å². The summed E-state index contributed by atoms with van der Waals surface area (Å²) in [7, 11) is 0. The number of amides is 1. The molecule has 1 amide bonds. The second kappa shape index (κ2) is 7.62. The molecule has 1 aromatic carbocycles. The first-order valence-electron chi connectivity index (χ1n) is 7.66. The molecule has 1 saturated heterocycles. The molecule has 2 aromatic rings. The predicted molar refractivity (Wildman–Crippen MR) is 100 cm³/mol. The average molecular weight is 342 g/mol. The lowest BCUT2D eigenvalue weighted by atomic mass is 10.1. The summed E-state index contributed by atoms with van der Waals surface area (Å²) in [6.07, 6.45) is 5.41. The monoisotopic (exact) mass is 342 g/mol. The number of unbranched alkanes of at least 4 members (excludes halogenated alkanes) is 1. The Kier molecular flexibility index (Phi) is 5.31. The number of aliphatic imine (C=N–C) groups is 1. The van der Waals surface area contributed by atoms with Crippen molar-refractivity contribution in [3.8, 4) is 0 Å². The third-order valence-electron chi connectivity index (χ3n) is 3.45. The van der Waals surface area contributed by atoms with Gasteiger partial charge in [-0.1, -0.05) is 31.5 Å². The van der Waals surface area contributed by atoms with Crippen LogP contribution in [0.15, 0.2) is 51.7 Å². The second-order valence-electron chi connectivity index (χ2n) is 5.27. The van der Waals surface area contributed by atoms with Crippen LogP contribution in [0.4, 0.5) is 5.69 Å². The maximum Gasteiger partial charge on any atom is 0.264 e. The molecule has 1 N–H and O–H groups in total. The Morgan fingerprint density at radius 2 is 2.04 bits per heavy atom. The second-order valence-corrected chi connectivity index (χ2v) is 7.28. The lowest BCUT2D eigenvalue weighted by molar-refractivity contribution is -0.115. The zero-order chi connectivity index (χ0) is 16.1. The molecule has 2 heterocycles. The van der Waals surface area contributed by atoms with Gasteiger partial charge in [0.15, 0.2) is 5.17 Å². The van der Waals surface area contributed by atoms with Crippen LogP contribution in [0.2, 0.25) is 0 Å². The van der Waals surface area contributed by atoms with Gasteiger partial charge in [-0.2, -0.15) is 0 Å². The standard InChI is InChI=1S/C18H18N2OS2/c1-2-3-5-13-7-9-14(10-8-13)19-18-20-17(21)16(23-18)12-15-6-4-11-22-15/h4,6-12H,2-3,5H2,1H3,(H,19,20,21). The summed E-state index contributed by atoms with van der Waals surface area (Å²) in [6, 6.07) is 12.2. The van der Waals surface area contributed by atoms with Crippen LogP contribution < -0.4 is 5.32 Å². The van der Waals surface area contributed by atoms with Crippen molar-refractivity contribution in [3.63, 3.8) is 0 Å². The normalized spacial score (nSPS) is 17.9. The molecule has 3 rings (SSSR count). The number of nitrogens with one attached hydrogen (secondary N) is 1. The van der Waals surface area contributed by atoms with Crippen LogP contribution >= 0.6 is 23.1 Å². The van der Waals surface area contributed by atoms with Crippen LogP contribution in [0, 0.1) is 0 Å². The van der Waals surface area contributed by atoms with Gasteiger partial charge < -0.3 is 5.32 Å². The third-order valence-corrected chi connectivity index (χ3v) is 5.18. The predicted octanol–water partition coefficient (Wildman–Crippen LogP) is 4.98. The van der Waals surface area contributed by atoms with E-state index in [1.54, 1.807) is 11.3 Å². The molecule has 0 bridgehead atoms. The molecule has 0 spiro atoms. The van der Waals surface area contributed by atoms with E-state index in [0.29, 0.717) is 10.1 Å². The first kappa shape index (κ1) is 16.0. The minimum absolute atomic E-state index is 0.0817. The maximum absolute atomic E-state index is 12.0. The molecule has 118 valence electrons. The smallest absolute Gasteiger partial charge is 0.264 e. The van der Waals surface area contributed by atoms with Gasteiger partial charge in [0, 0.05) is 4.88 Å². The van der Waals surface area contributed by atoms with Crippen LogP contribution in [0.1, 0.15) is 30.2 Å². The van der Waals surface area contributed by atoms with Gasteiger partial charge in [0.25, 0.3) is 5.91 Å². The number of rotatable bonds is 5. The van der Waals surface area contributed by atoms with E-state index in [2.05, 4.69) is 29.4 Å². The highest BCUT2D eigenvalue weighted by atomic mass is 32.2. The van der Waals surface area contributed by atoms with E-state index in [-0.39, 0.29) is 5.91 Å². The molecule has 1 aromatic heterocycles. The van der Waals surface area contributed by atoms with Crippen LogP contribution in [0.5, 0.6) is 0 Å². The lowest BCUT2D eigenvalue weighted by Gasteiger charge is -2.01. The maximum atomic E-state index is 12.0. The zero-order valence-corrected chi connectivity index (χ0v) is 14.5. The summed E-state index contributed by atoms with van der Waals surface area (Å²) < 4.78 is 0. The zero-order valence-electron chi connectivity index (χ0n) is 12.9. The number of thioether (sulfide) groups is 1. The Balaban J connectivity index is 1.70. The van der Waals surface area contributed by atoms with Gasteiger partial charge in [0.05, 0.1) is 10.6 Å². The highest BCUT2D eigenvalue weighted by Crippen LogP contribution is 2.29. The van der Waals surface area contributed by atoms with Gasteiger partial charge in [-0.05, 0) is 59.8 Å². The summed E-state index contributed by atoms with van der Waals surface area (Å²) in [5, 5.41) is 5.46. The van der Waals surface area contributed by atoms with Crippen molar-refractivity contribution >= 4 is 45.9 Å². The number of hydrogen-bond donors (Lipinski definition) is 1. The Bertz CT molecular complexity index is 731. The van der Waals surface area contributed by atoms with Gasteiger partial charge in [0.2, 0.25) is 0 Å². The third kappa shape index (κ3) is 4.33. The van der Waals surface area contributed by atoms with Gasteiger partial charge in [-0.25, -0.2) is 4.99 Å². The summed E-state index contributed by atoms with van der Waals surface area (Å²) in [5.74, 6) is -0.0817. The van der Waals surface area contributed by atoms with Crippen LogP contribution in [-0.4, -0.2) is 11.1 Å². The average Bonchev–Trinajstić information content (AvgIpc) is 3.17. The number of benzene rings is 1. The molecule has 0 radical (unpaired) electrons. The van der Waals surface area contributed by atoms with E-state index in [1.165, 1.54) is 30.2 Å². The number of amidine groups is 1. The van der Waals surface area contributed by atoms with Crippen LogP contribution in [0.25, 0.3) is 6.08 Å². The molecular formula is C18H18N2OS2. The molecule has 3 nitrogen and oxygen atoms in total. The van der Waals surface area contributed by atoms with Crippen molar-refractivity contribution in [2.75, 3.05) is 0 Å². The van der Waals surface area contributed by atoms with Crippen molar-refractivity contribution < 1.29 is 4.79 Å². The first-order valence-corrected chi connectivity index (χ1v) is 9.36. The van der Waals surface area contributed by atoms with Crippen molar-refractivity contribution in [1.29, 1.82) is 0 Å². The first-order chi connectivity index (χ1) is 11.2. The van der Waals surface area contributed by atoms with Crippen molar-refractivity contribution in [2.45, 2.75) is 26.2 Å². The molecule has 1 fully saturated rings. The minimum Gasteiger partial charge on any atom is -0.300 e. The molecule has 5 heteroatoms. The molecule has 0 saturated carbocycles. The fraction of sp³-hybridized carbons (Fsp3) is 0.222. The molecule has 0 atom stereocenters. The molecule has 23 heavy (non-hydrogen) atoms. The highest BCUT2D eigenvalue weighted by molar-refractivity contribution is 8.18. The summed E-state index contributed by atoms with van der Waals surface area (Å²) in [6.45, 7) is 2.20. The number of thiophene rings is 1. The largest absolute Gasteiger partial charge is 0.300 e. The van der Waals surface area contributed by atoms with E-state index in [1.807, 2.05) is 35.7 Å². The number of carbonyl (C=O) groups is 1. The molecule has 0 aliphatic carbocycles. The van der Waals surface area contributed by atoms with Gasteiger partial charge >= 0.3 is 0 Å². The van der Waals surface area contributed by atoms with Crippen molar-refractivity contribution in [2.24, 2.45) is 4.99 Å². The Morgan fingerprint density at radius 3 is 2.74 bits per heavy atom. The fourth-order valence-electron chi connectivity index (χ4n) is 2.22. The highest BCUT2D eigenvalue weighted by Gasteiger charge is 2.23. The Hall–Kier alpha value is -1.85. The fourth-order valence-corrected chi connectivity index (χ4v) is 3.78. The SMILES string of the molecule is CCCCc1ccc(N=C2NC(=O)C(=Cc3cccs3)S2)cc1. The van der Waals surface area contributed by atoms with Crippen molar-refractivity contribution in [3.05, 3.63) is 57.1 Å². The molecule has 1 aliphatic rings. The summed E-state index contributed by atoms with van der Waals surface area (Å²) in [5.41, 5.74) is 2.20. The van der Waals surface area contributed by atoms with E-state index in [4.69, 9.17) is 0 Å². The number of nitrogens with zero attached hydrogens (tertiary/aromatic N) is 1. The van der Waals surface area contributed by atoms with Gasteiger partial charge in [-0.15, -0.1) is 11.3 Å². The minimum atomic E-state index is -0.0817. The van der Waals surface area contributed by atoms with Gasteiger partial charge in [-0.3, -0.25) is 4.79 Å². The topological polar surface area (TPSA) is 41.5 Å². The molecular weight excluding hydrogens is 324 g/mol. The quantitative estimate of drug-likeness (QED) is 0.778. The van der Waals surface area contributed by atoms with E-state index in [0.717, 1.165) is 17.0 Å². The number of hydrogen-bond acceptors (Lipinski definition) is 4. The summed E-state index contributed by atoms with van der Waals surface area (Å²) >= 11 is 3.00. The molecule has 0 unspecified atom stereocenters. The van der Waals surface area contributed by atoms with E-state index >= 15 is 0 Å². The lowest BCUT2D eigenvalue weighted by Crippen LogP contribution is -2.19. The summed E-state index contributed by atoms with van der Waals surface area (Å²) in [4.78, 5) is 18.3. The Morgan fingerprint density at radius 1 is 1.22 bits per heavy atom. The number of carbonyl (C=O) groups excluding carboxylic acids is 1. The Labute approximate surface area is 144 Å².